The molecule has 0 radical (unpaired) electrons. The fourth-order valence-corrected chi connectivity index (χ4v) is 2.36. The van der Waals surface area contributed by atoms with Crippen LogP contribution in [0, 0.1) is 6.92 Å². The molecule has 0 atom stereocenters. The molecule has 3 aromatic rings. The van der Waals surface area contributed by atoms with Crippen molar-refractivity contribution in [2.45, 2.75) is 13.5 Å². The molecule has 6 heteroatoms. The minimum Gasteiger partial charge on any atom is -0.485 e. The van der Waals surface area contributed by atoms with Gasteiger partial charge in [0.15, 0.2) is 0 Å². The summed E-state index contributed by atoms with van der Waals surface area (Å²) < 4.78 is 10.1. The van der Waals surface area contributed by atoms with Crippen molar-refractivity contribution in [3.8, 4) is 5.75 Å². The molecule has 0 aliphatic rings. The molecule has 1 aromatic carbocycles. The Kier molecular flexibility index (Phi) is 3.31. The Bertz CT molecular complexity index is 729. The predicted molar refractivity (Wildman–Crippen MR) is 75.7 cm³/mol. The van der Waals surface area contributed by atoms with Crippen molar-refractivity contribution >= 4 is 34.0 Å². The van der Waals surface area contributed by atoms with Gasteiger partial charge in [0.2, 0.25) is 0 Å². The van der Waals surface area contributed by atoms with Gasteiger partial charge in [-0.25, -0.2) is 4.98 Å². The van der Waals surface area contributed by atoms with Crippen molar-refractivity contribution in [3.63, 3.8) is 0 Å². The Hall–Kier alpha value is -1.72. The van der Waals surface area contributed by atoms with E-state index in [1.54, 1.807) is 0 Å². The lowest BCUT2D eigenvalue weighted by molar-refractivity contribution is 0.304. The summed E-state index contributed by atoms with van der Waals surface area (Å²) in [5, 5.41) is 4.97. The number of para-hydroxylation sites is 1. The Morgan fingerprint density at radius 2 is 2.16 bits per heavy atom. The third kappa shape index (κ3) is 2.52. The highest BCUT2D eigenvalue weighted by Gasteiger charge is 2.08. The van der Waals surface area contributed by atoms with E-state index in [-0.39, 0.29) is 0 Å². The first-order chi connectivity index (χ1) is 9.24. The largest absolute Gasteiger partial charge is 0.485 e. The summed E-state index contributed by atoms with van der Waals surface area (Å²) in [7, 11) is 0. The van der Waals surface area contributed by atoms with Gasteiger partial charge in [0.05, 0.1) is 0 Å². The quantitative estimate of drug-likeness (QED) is 0.739. The molecule has 0 fully saturated rings. The zero-order valence-corrected chi connectivity index (χ0v) is 11.7. The van der Waals surface area contributed by atoms with Crippen LogP contribution in [0.2, 0.25) is 4.34 Å². The van der Waals surface area contributed by atoms with Crippen LogP contribution in [0.5, 0.6) is 5.75 Å². The standard InChI is InChI=1S/C13H10ClN3OS/c1-8-5-6-9-3-2-4-11(12(9)15-8)18-7-10-13(14)19-17-16-10/h2-6H,7H2,1H3. The number of aryl methyl sites for hydroxylation is 1. The first-order valence-electron chi connectivity index (χ1n) is 5.70. The predicted octanol–water partition coefficient (Wildman–Crippen LogP) is 3.63. The van der Waals surface area contributed by atoms with E-state index in [4.69, 9.17) is 16.3 Å². The van der Waals surface area contributed by atoms with E-state index in [9.17, 15) is 0 Å². The molecule has 19 heavy (non-hydrogen) atoms. The summed E-state index contributed by atoms with van der Waals surface area (Å²) in [6.45, 7) is 2.25. The molecule has 96 valence electrons. The molecule has 0 bridgehead atoms. The lowest BCUT2D eigenvalue weighted by Crippen LogP contribution is -1.98. The van der Waals surface area contributed by atoms with E-state index in [1.165, 1.54) is 0 Å². The Labute approximate surface area is 119 Å². The minimum atomic E-state index is 0.296. The topological polar surface area (TPSA) is 47.9 Å². The summed E-state index contributed by atoms with van der Waals surface area (Å²) in [5.74, 6) is 0.727. The van der Waals surface area contributed by atoms with Crippen molar-refractivity contribution in [2.75, 3.05) is 0 Å². The molecule has 0 spiro atoms. The zero-order valence-electron chi connectivity index (χ0n) is 10.1. The molecule has 2 aromatic heterocycles. The minimum absolute atomic E-state index is 0.296. The maximum atomic E-state index is 5.95. The maximum Gasteiger partial charge on any atom is 0.146 e. The number of hydrogen-bond acceptors (Lipinski definition) is 5. The van der Waals surface area contributed by atoms with E-state index in [1.807, 2.05) is 37.3 Å². The molecular formula is C13H10ClN3OS. The van der Waals surface area contributed by atoms with Crippen LogP contribution in [0.1, 0.15) is 11.4 Å². The average molecular weight is 292 g/mol. The number of hydrogen-bond donors (Lipinski definition) is 0. The van der Waals surface area contributed by atoms with Crippen molar-refractivity contribution in [1.82, 2.24) is 14.6 Å². The van der Waals surface area contributed by atoms with Gasteiger partial charge >= 0.3 is 0 Å². The van der Waals surface area contributed by atoms with Crippen molar-refractivity contribution in [1.29, 1.82) is 0 Å². The van der Waals surface area contributed by atoms with Crippen LogP contribution >= 0.6 is 23.1 Å². The molecule has 0 saturated heterocycles. The second-order valence-corrected chi connectivity index (χ2v) is 5.42. The molecule has 0 amide bonds. The molecule has 0 aliphatic heterocycles. The number of rotatable bonds is 3. The van der Waals surface area contributed by atoms with Gasteiger partial charge in [-0.3, -0.25) is 0 Å². The van der Waals surface area contributed by atoms with Gasteiger partial charge in [-0.05, 0) is 19.1 Å². The van der Waals surface area contributed by atoms with E-state index >= 15 is 0 Å². The average Bonchev–Trinajstić information content (AvgIpc) is 2.82. The van der Waals surface area contributed by atoms with Gasteiger partial charge in [-0.2, -0.15) is 0 Å². The Morgan fingerprint density at radius 1 is 1.26 bits per heavy atom. The first kappa shape index (κ1) is 12.3. The molecular weight excluding hydrogens is 282 g/mol. The SMILES string of the molecule is Cc1ccc2cccc(OCc3nnsc3Cl)c2n1. The smallest absolute Gasteiger partial charge is 0.146 e. The number of pyridine rings is 1. The Morgan fingerprint density at radius 3 is 2.95 bits per heavy atom. The first-order valence-corrected chi connectivity index (χ1v) is 6.85. The highest BCUT2D eigenvalue weighted by atomic mass is 35.5. The summed E-state index contributed by atoms with van der Waals surface area (Å²) in [4.78, 5) is 4.51. The molecule has 0 saturated carbocycles. The van der Waals surface area contributed by atoms with Gasteiger partial charge in [0.25, 0.3) is 0 Å². The number of benzene rings is 1. The second-order valence-electron chi connectivity index (χ2n) is 4.06. The number of halogens is 1. The fraction of sp³-hybridized carbons (Fsp3) is 0.154. The van der Waals surface area contributed by atoms with Crippen LogP contribution < -0.4 is 4.74 Å². The molecule has 2 heterocycles. The third-order valence-corrected chi connectivity index (χ3v) is 3.68. The summed E-state index contributed by atoms with van der Waals surface area (Å²) in [6.07, 6.45) is 0. The Balaban J connectivity index is 1.92. The van der Waals surface area contributed by atoms with Gasteiger partial charge in [-0.15, -0.1) is 5.10 Å². The van der Waals surface area contributed by atoms with Gasteiger partial charge in [-0.1, -0.05) is 34.3 Å². The third-order valence-electron chi connectivity index (χ3n) is 2.70. The van der Waals surface area contributed by atoms with Gasteiger partial charge < -0.3 is 4.74 Å². The van der Waals surface area contributed by atoms with Crippen molar-refractivity contribution < 1.29 is 4.74 Å². The van der Waals surface area contributed by atoms with Crippen molar-refractivity contribution in [3.05, 3.63) is 46.1 Å². The maximum absolute atomic E-state index is 5.95. The second kappa shape index (κ2) is 5.11. The van der Waals surface area contributed by atoms with Crippen LogP contribution in [0.25, 0.3) is 10.9 Å². The van der Waals surface area contributed by atoms with E-state index < -0.39 is 0 Å². The number of aromatic nitrogens is 3. The van der Waals surface area contributed by atoms with E-state index in [0.29, 0.717) is 16.6 Å². The summed E-state index contributed by atoms with van der Waals surface area (Å²) >= 11 is 7.10. The van der Waals surface area contributed by atoms with E-state index in [0.717, 1.165) is 33.9 Å². The van der Waals surface area contributed by atoms with Crippen LogP contribution in [0.15, 0.2) is 30.3 Å². The monoisotopic (exact) mass is 291 g/mol. The highest BCUT2D eigenvalue weighted by Crippen LogP contribution is 2.26. The van der Waals surface area contributed by atoms with Gasteiger partial charge in [0, 0.05) is 22.6 Å². The van der Waals surface area contributed by atoms with Crippen molar-refractivity contribution in [2.24, 2.45) is 0 Å². The van der Waals surface area contributed by atoms with Crippen LogP contribution in [0.4, 0.5) is 0 Å². The molecule has 0 aliphatic carbocycles. The highest BCUT2D eigenvalue weighted by molar-refractivity contribution is 7.10. The zero-order chi connectivity index (χ0) is 13.2. The lowest BCUT2D eigenvalue weighted by Gasteiger charge is -2.08. The molecule has 3 rings (SSSR count). The van der Waals surface area contributed by atoms with Crippen LogP contribution in [-0.4, -0.2) is 14.6 Å². The summed E-state index contributed by atoms with van der Waals surface area (Å²) in [6, 6.07) is 9.85. The summed E-state index contributed by atoms with van der Waals surface area (Å²) in [5.41, 5.74) is 2.45. The normalized spacial score (nSPS) is 10.8. The van der Waals surface area contributed by atoms with Crippen LogP contribution in [0.3, 0.4) is 0 Å². The molecule has 0 N–H and O–H groups in total. The van der Waals surface area contributed by atoms with Gasteiger partial charge in [0.1, 0.15) is 27.9 Å². The molecule has 4 nitrogen and oxygen atoms in total. The lowest BCUT2D eigenvalue weighted by atomic mass is 10.2. The molecule has 0 unspecified atom stereocenters. The number of fused-ring (bicyclic) bond motifs is 1. The van der Waals surface area contributed by atoms with Crippen LogP contribution in [-0.2, 0) is 6.61 Å². The number of ether oxygens (including phenoxy) is 1. The number of nitrogens with zero attached hydrogens (tertiary/aromatic N) is 3. The fourth-order valence-electron chi connectivity index (χ4n) is 1.76. The van der Waals surface area contributed by atoms with E-state index in [2.05, 4.69) is 14.6 Å².